The summed E-state index contributed by atoms with van der Waals surface area (Å²) in [7, 11) is 3.74. The average molecular weight is 382 g/mol. The van der Waals surface area contributed by atoms with Crippen LogP contribution in [0.1, 0.15) is 54.3 Å². The minimum Gasteiger partial charge on any atom is -0.341 e. The summed E-state index contributed by atoms with van der Waals surface area (Å²) in [4.78, 5) is 29.1. The van der Waals surface area contributed by atoms with Crippen LogP contribution in [0.25, 0.3) is 0 Å². The number of benzene rings is 1. The molecule has 1 heterocycles. The van der Waals surface area contributed by atoms with Crippen LogP contribution >= 0.6 is 12.4 Å². The number of carbonyl (C=O) groups excluding carboxylic acids is 2. The third-order valence-electron chi connectivity index (χ3n) is 4.53. The molecule has 5 nitrogen and oxygen atoms in total. The topological polar surface area (TPSA) is 52.7 Å². The number of nitrogens with one attached hydrogen (secondary N) is 1. The Labute approximate surface area is 163 Å². The molecule has 1 fully saturated rings. The molecule has 2 amide bonds. The highest BCUT2D eigenvalue weighted by Gasteiger charge is 2.25. The van der Waals surface area contributed by atoms with Gasteiger partial charge < -0.3 is 15.1 Å². The molecule has 0 aromatic heterocycles. The zero-order chi connectivity index (χ0) is 18.6. The van der Waals surface area contributed by atoms with Crippen LogP contribution in [0.2, 0.25) is 0 Å². The number of piperidine rings is 1. The van der Waals surface area contributed by atoms with Gasteiger partial charge in [0.05, 0.1) is 0 Å². The van der Waals surface area contributed by atoms with E-state index in [0.29, 0.717) is 23.7 Å². The molecule has 0 radical (unpaired) electrons. The minimum atomic E-state index is -0.0451. The van der Waals surface area contributed by atoms with Crippen molar-refractivity contribution in [2.45, 2.75) is 39.7 Å². The standard InChI is InChI=1S/C20H31N3O2.ClH/c1-20(2,3)14-22(5)18(24)15-8-6-9-16(12-15)19(25)23-11-7-10-17(13-23)21-4;/h6,8-9,12,17,21H,7,10-11,13-14H2,1-5H3;1H. The van der Waals surface area contributed by atoms with Gasteiger partial charge in [0.2, 0.25) is 0 Å². The summed E-state index contributed by atoms with van der Waals surface area (Å²) < 4.78 is 0. The van der Waals surface area contributed by atoms with Crippen molar-refractivity contribution in [1.82, 2.24) is 15.1 Å². The molecular formula is C20H32ClN3O2. The molecule has 1 N–H and O–H groups in total. The van der Waals surface area contributed by atoms with E-state index in [2.05, 4.69) is 26.1 Å². The van der Waals surface area contributed by atoms with Crippen LogP contribution in [0.5, 0.6) is 0 Å². The molecule has 1 unspecified atom stereocenters. The molecule has 0 saturated carbocycles. The predicted octanol–water partition coefficient (Wildman–Crippen LogP) is 3.05. The van der Waals surface area contributed by atoms with Crippen LogP contribution < -0.4 is 5.32 Å². The van der Waals surface area contributed by atoms with Gasteiger partial charge >= 0.3 is 0 Å². The van der Waals surface area contributed by atoms with Crippen LogP contribution in [0.4, 0.5) is 0 Å². The van der Waals surface area contributed by atoms with Gasteiger partial charge in [0.1, 0.15) is 0 Å². The number of hydrogen-bond donors (Lipinski definition) is 1. The molecule has 0 spiro atoms. The molecule has 1 aromatic rings. The molecule has 1 aromatic carbocycles. The first kappa shape index (κ1) is 22.5. The number of rotatable bonds is 4. The normalized spacial score (nSPS) is 17.4. The van der Waals surface area contributed by atoms with Gasteiger partial charge in [0, 0.05) is 43.9 Å². The lowest BCUT2D eigenvalue weighted by Crippen LogP contribution is -2.47. The second-order valence-electron chi connectivity index (χ2n) is 8.18. The summed E-state index contributed by atoms with van der Waals surface area (Å²) in [6.07, 6.45) is 2.10. The maximum absolute atomic E-state index is 12.8. The second-order valence-corrected chi connectivity index (χ2v) is 8.18. The Morgan fingerprint density at radius 2 is 1.92 bits per heavy atom. The molecule has 1 saturated heterocycles. The minimum absolute atomic E-state index is 0. The average Bonchev–Trinajstić information content (AvgIpc) is 2.59. The first-order valence-corrected chi connectivity index (χ1v) is 9.03. The lowest BCUT2D eigenvalue weighted by Gasteiger charge is -2.32. The van der Waals surface area contributed by atoms with E-state index in [1.54, 1.807) is 29.2 Å². The fourth-order valence-electron chi connectivity index (χ4n) is 3.37. The quantitative estimate of drug-likeness (QED) is 0.872. The zero-order valence-corrected chi connectivity index (χ0v) is 17.4. The van der Waals surface area contributed by atoms with E-state index >= 15 is 0 Å². The Hall–Kier alpha value is -1.59. The predicted molar refractivity (Wildman–Crippen MR) is 108 cm³/mol. The fraction of sp³-hybridized carbons (Fsp3) is 0.600. The molecule has 1 atom stereocenters. The number of hydrogen-bond acceptors (Lipinski definition) is 3. The van der Waals surface area contributed by atoms with E-state index in [4.69, 9.17) is 0 Å². The Bertz CT molecular complexity index is 628. The summed E-state index contributed by atoms with van der Waals surface area (Å²) in [6, 6.07) is 7.45. The summed E-state index contributed by atoms with van der Waals surface area (Å²) in [6.45, 7) is 8.47. The summed E-state index contributed by atoms with van der Waals surface area (Å²) >= 11 is 0. The Kier molecular flexibility index (Phi) is 8.10. The van der Waals surface area contributed by atoms with Gasteiger partial charge in [0.15, 0.2) is 0 Å². The van der Waals surface area contributed by atoms with Crippen molar-refractivity contribution in [2.75, 3.05) is 33.7 Å². The smallest absolute Gasteiger partial charge is 0.253 e. The Morgan fingerprint density at radius 3 is 2.54 bits per heavy atom. The van der Waals surface area contributed by atoms with Crippen molar-refractivity contribution < 1.29 is 9.59 Å². The third kappa shape index (κ3) is 5.99. The highest BCUT2D eigenvalue weighted by molar-refractivity contribution is 5.99. The molecule has 1 aliphatic heterocycles. The monoisotopic (exact) mass is 381 g/mol. The highest BCUT2D eigenvalue weighted by atomic mass is 35.5. The van der Waals surface area contributed by atoms with Gasteiger partial charge in [-0.25, -0.2) is 0 Å². The van der Waals surface area contributed by atoms with E-state index in [1.165, 1.54) is 0 Å². The summed E-state index contributed by atoms with van der Waals surface area (Å²) in [5, 5.41) is 3.25. The van der Waals surface area contributed by atoms with Gasteiger partial charge in [-0.05, 0) is 43.5 Å². The Morgan fingerprint density at radius 1 is 1.27 bits per heavy atom. The van der Waals surface area contributed by atoms with Gasteiger partial charge in [-0.2, -0.15) is 0 Å². The molecule has 6 heteroatoms. The first-order valence-electron chi connectivity index (χ1n) is 9.03. The Balaban J connectivity index is 0.00000338. The van der Waals surface area contributed by atoms with Crippen molar-refractivity contribution in [1.29, 1.82) is 0 Å². The van der Waals surface area contributed by atoms with Crippen LogP contribution in [-0.4, -0.2) is 61.4 Å². The number of carbonyl (C=O) groups is 2. The van der Waals surface area contributed by atoms with Gasteiger partial charge in [0.25, 0.3) is 11.8 Å². The van der Waals surface area contributed by atoms with Gasteiger partial charge in [-0.15, -0.1) is 12.4 Å². The number of nitrogens with zero attached hydrogens (tertiary/aromatic N) is 2. The highest BCUT2D eigenvalue weighted by Crippen LogP contribution is 2.18. The maximum Gasteiger partial charge on any atom is 0.253 e. The number of amides is 2. The molecular weight excluding hydrogens is 350 g/mol. The molecule has 0 aliphatic carbocycles. The second kappa shape index (κ2) is 9.38. The van der Waals surface area contributed by atoms with Crippen LogP contribution in [0.3, 0.4) is 0 Å². The van der Waals surface area contributed by atoms with E-state index in [1.807, 2.05) is 19.0 Å². The van der Waals surface area contributed by atoms with Crippen LogP contribution in [0, 0.1) is 5.41 Å². The van der Waals surface area contributed by atoms with Crippen molar-refractivity contribution in [3.8, 4) is 0 Å². The van der Waals surface area contributed by atoms with Crippen LogP contribution in [-0.2, 0) is 0 Å². The SMILES string of the molecule is CNC1CCCN(C(=O)c2cccc(C(=O)N(C)CC(C)(C)C)c2)C1.Cl. The lowest BCUT2D eigenvalue weighted by molar-refractivity contribution is 0.0698. The molecule has 0 bridgehead atoms. The van der Waals surface area contributed by atoms with Crippen molar-refractivity contribution in [3.63, 3.8) is 0 Å². The van der Waals surface area contributed by atoms with E-state index in [-0.39, 0.29) is 29.6 Å². The summed E-state index contributed by atoms with van der Waals surface area (Å²) in [5.74, 6) is -0.0376. The van der Waals surface area contributed by atoms with Crippen molar-refractivity contribution in [3.05, 3.63) is 35.4 Å². The van der Waals surface area contributed by atoms with Gasteiger partial charge in [-0.3, -0.25) is 9.59 Å². The zero-order valence-electron chi connectivity index (χ0n) is 16.5. The number of halogens is 1. The van der Waals surface area contributed by atoms with Crippen molar-refractivity contribution in [2.24, 2.45) is 5.41 Å². The van der Waals surface area contributed by atoms with Crippen LogP contribution in [0.15, 0.2) is 24.3 Å². The first-order chi connectivity index (χ1) is 11.7. The number of likely N-dealkylation sites (tertiary alicyclic amines) is 1. The fourth-order valence-corrected chi connectivity index (χ4v) is 3.37. The van der Waals surface area contributed by atoms with Crippen molar-refractivity contribution >= 4 is 24.2 Å². The summed E-state index contributed by atoms with van der Waals surface area (Å²) in [5.41, 5.74) is 1.19. The maximum atomic E-state index is 12.8. The number of likely N-dealkylation sites (N-methyl/N-ethyl adjacent to an activating group) is 1. The van der Waals surface area contributed by atoms with Gasteiger partial charge in [-0.1, -0.05) is 26.8 Å². The van der Waals surface area contributed by atoms with E-state index in [9.17, 15) is 9.59 Å². The molecule has 1 aliphatic rings. The molecule has 146 valence electrons. The third-order valence-corrected chi connectivity index (χ3v) is 4.53. The molecule has 26 heavy (non-hydrogen) atoms. The molecule has 2 rings (SSSR count). The largest absolute Gasteiger partial charge is 0.341 e. The lowest BCUT2D eigenvalue weighted by atomic mass is 9.96. The van der Waals surface area contributed by atoms with E-state index in [0.717, 1.165) is 25.9 Å². The van der Waals surface area contributed by atoms with E-state index < -0.39 is 0 Å².